The molecule has 1 aromatic heterocycles. The van der Waals surface area contributed by atoms with Crippen molar-refractivity contribution < 1.29 is 27.5 Å². The van der Waals surface area contributed by atoms with Gasteiger partial charge in [-0.3, -0.25) is 9.59 Å². The van der Waals surface area contributed by atoms with E-state index in [0.717, 1.165) is 6.42 Å². The summed E-state index contributed by atoms with van der Waals surface area (Å²) in [6.07, 6.45) is 0.232. The molecular formula is C19H16F3N3O3S. The number of hydrogen-bond acceptors (Lipinski definition) is 6. The van der Waals surface area contributed by atoms with Gasteiger partial charge in [0.05, 0.1) is 10.6 Å². The Hall–Kier alpha value is -2.88. The van der Waals surface area contributed by atoms with Gasteiger partial charge in [0.2, 0.25) is 5.91 Å². The van der Waals surface area contributed by atoms with Crippen LogP contribution in [0.4, 0.5) is 18.3 Å². The highest BCUT2D eigenvalue weighted by molar-refractivity contribution is 7.19. The van der Waals surface area contributed by atoms with Gasteiger partial charge in [0, 0.05) is 19.2 Å². The number of nitrogens with zero attached hydrogens (tertiary/aromatic N) is 2. The lowest BCUT2D eigenvalue weighted by Crippen LogP contribution is -2.47. The molecular weight excluding hydrogens is 407 g/mol. The van der Waals surface area contributed by atoms with E-state index in [-0.39, 0.29) is 17.4 Å². The summed E-state index contributed by atoms with van der Waals surface area (Å²) < 4.78 is 40.6. The third-order valence-electron chi connectivity index (χ3n) is 4.73. The van der Waals surface area contributed by atoms with E-state index in [1.807, 2.05) is 11.0 Å². The first kappa shape index (κ1) is 19.4. The number of benzene rings is 1. The molecule has 6 nitrogen and oxygen atoms in total. The number of halogens is 3. The number of hydrogen-bond donors (Lipinski definition) is 1. The third-order valence-corrected chi connectivity index (χ3v) is 5.70. The zero-order valence-corrected chi connectivity index (χ0v) is 15.8. The van der Waals surface area contributed by atoms with E-state index in [0.29, 0.717) is 40.7 Å². The van der Waals surface area contributed by atoms with E-state index >= 15 is 0 Å². The van der Waals surface area contributed by atoms with Gasteiger partial charge in [-0.15, -0.1) is 13.2 Å². The number of aromatic nitrogens is 1. The topological polar surface area (TPSA) is 71.5 Å². The number of alkyl halides is 3. The van der Waals surface area contributed by atoms with Crippen LogP contribution in [0.5, 0.6) is 5.75 Å². The lowest BCUT2D eigenvalue weighted by atomic mass is 9.99. The van der Waals surface area contributed by atoms with Crippen molar-refractivity contribution in [1.82, 2.24) is 9.88 Å². The molecule has 0 radical (unpaired) electrons. The Kier molecular flexibility index (Phi) is 5.03. The molecule has 0 bridgehead atoms. The first-order valence-electron chi connectivity index (χ1n) is 8.93. The van der Waals surface area contributed by atoms with Crippen molar-refractivity contribution in [2.24, 2.45) is 0 Å². The highest BCUT2D eigenvalue weighted by Crippen LogP contribution is 2.33. The van der Waals surface area contributed by atoms with E-state index < -0.39 is 12.4 Å². The quantitative estimate of drug-likeness (QED) is 0.806. The van der Waals surface area contributed by atoms with Gasteiger partial charge in [0.1, 0.15) is 11.8 Å². The summed E-state index contributed by atoms with van der Waals surface area (Å²) in [6, 6.07) is 5.03. The average Bonchev–Trinajstić information content (AvgIpc) is 3.31. The standard InChI is InChI=1S/C19H16F3N3O3S/c20-19(21,22)28-12-5-3-11(4-6-12)16-10-23-18(29-16)24-17(27)14-7-8-15(26)13-2-1-9-25(13)14/h2-6,10,14H,1,7-9H2,(H,23,24,27)/t14-/m0/s1. The second kappa shape index (κ2) is 7.51. The zero-order valence-electron chi connectivity index (χ0n) is 15.0. The van der Waals surface area contributed by atoms with Gasteiger partial charge >= 0.3 is 6.36 Å². The average molecular weight is 423 g/mol. The van der Waals surface area contributed by atoms with Crippen LogP contribution < -0.4 is 10.1 Å². The van der Waals surface area contributed by atoms with Crippen LogP contribution in [0.2, 0.25) is 0 Å². The number of allylic oxidation sites excluding steroid dienone is 1. The number of amides is 1. The summed E-state index contributed by atoms with van der Waals surface area (Å²) >= 11 is 1.22. The summed E-state index contributed by atoms with van der Waals surface area (Å²) in [5.41, 5.74) is 1.28. The molecule has 4 rings (SSSR count). The van der Waals surface area contributed by atoms with Crippen molar-refractivity contribution in [3.8, 4) is 16.2 Å². The molecule has 29 heavy (non-hydrogen) atoms. The smallest absolute Gasteiger partial charge is 0.406 e. The van der Waals surface area contributed by atoms with Gasteiger partial charge in [0.15, 0.2) is 10.9 Å². The Labute approximate surface area is 168 Å². The Balaban J connectivity index is 1.42. The highest BCUT2D eigenvalue weighted by atomic mass is 32.1. The van der Waals surface area contributed by atoms with E-state index in [9.17, 15) is 22.8 Å². The van der Waals surface area contributed by atoms with Crippen molar-refractivity contribution in [2.75, 3.05) is 11.9 Å². The summed E-state index contributed by atoms with van der Waals surface area (Å²) in [5, 5.41) is 3.18. The van der Waals surface area contributed by atoms with Crippen molar-refractivity contribution in [2.45, 2.75) is 31.7 Å². The summed E-state index contributed by atoms with van der Waals surface area (Å²) in [5.74, 6) is -0.457. The number of anilines is 1. The molecule has 2 aromatic rings. The van der Waals surface area contributed by atoms with E-state index in [2.05, 4.69) is 15.0 Å². The van der Waals surface area contributed by atoms with Gasteiger partial charge in [-0.25, -0.2) is 4.98 Å². The van der Waals surface area contributed by atoms with Gasteiger partial charge in [-0.05, 0) is 42.7 Å². The van der Waals surface area contributed by atoms with Crippen LogP contribution in [0.1, 0.15) is 19.3 Å². The first-order valence-corrected chi connectivity index (χ1v) is 9.75. The molecule has 2 aliphatic heterocycles. The van der Waals surface area contributed by atoms with Crippen LogP contribution >= 0.6 is 11.3 Å². The fraction of sp³-hybridized carbons (Fsp3) is 0.316. The van der Waals surface area contributed by atoms with Gasteiger partial charge in [0.25, 0.3) is 0 Å². The van der Waals surface area contributed by atoms with Crippen LogP contribution in [0.3, 0.4) is 0 Å². The molecule has 1 atom stereocenters. The van der Waals surface area contributed by atoms with E-state index in [1.165, 1.54) is 35.6 Å². The molecule has 0 spiro atoms. The molecule has 0 saturated carbocycles. The molecule has 0 unspecified atom stereocenters. The lowest BCUT2D eigenvalue weighted by Gasteiger charge is -2.34. The number of ketones is 1. The number of rotatable bonds is 4. The molecule has 2 aliphatic rings. The van der Waals surface area contributed by atoms with Crippen LogP contribution in [0.25, 0.3) is 10.4 Å². The Bertz CT molecular complexity index is 969. The molecule has 10 heteroatoms. The fourth-order valence-electron chi connectivity index (χ4n) is 3.48. The number of ether oxygens (including phenoxy) is 1. The normalized spacial score (nSPS) is 19.0. The molecule has 1 fully saturated rings. The molecule has 0 aliphatic carbocycles. The van der Waals surface area contributed by atoms with E-state index in [1.54, 1.807) is 6.20 Å². The first-order chi connectivity index (χ1) is 13.8. The minimum absolute atomic E-state index is 0.0704. The monoisotopic (exact) mass is 423 g/mol. The largest absolute Gasteiger partial charge is 0.573 e. The van der Waals surface area contributed by atoms with Crippen LogP contribution in [0, 0.1) is 0 Å². The number of Topliss-reactive ketones (excluding diaryl/α,β-unsaturated/α-hetero) is 1. The molecule has 152 valence electrons. The zero-order chi connectivity index (χ0) is 20.6. The summed E-state index contributed by atoms with van der Waals surface area (Å²) in [7, 11) is 0. The van der Waals surface area contributed by atoms with Crippen LogP contribution in [-0.2, 0) is 9.59 Å². The minimum Gasteiger partial charge on any atom is -0.406 e. The maximum absolute atomic E-state index is 12.7. The Morgan fingerprint density at radius 2 is 2.03 bits per heavy atom. The second-order valence-corrected chi connectivity index (χ2v) is 7.67. The SMILES string of the molecule is O=C1CC[C@@H](C(=O)Nc2ncc(-c3ccc(OC(F)(F)F)cc3)s2)N2CCC=C12. The van der Waals surface area contributed by atoms with E-state index in [4.69, 9.17) is 0 Å². The second-order valence-electron chi connectivity index (χ2n) is 6.64. The number of nitrogens with one attached hydrogen (secondary N) is 1. The molecule has 1 aromatic carbocycles. The number of fused-ring (bicyclic) bond motifs is 1. The van der Waals surface area contributed by atoms with Gasteiger partial charge in [-0.1, -0.05) is 17.4 Å². The molecule has 1 N–H and O–H groups in total. The van der Waals surface area contributed by atoms with Gasteiger partial charge < -0.3 is 15.0 Å². The van der Waals surface area contributed by atoms with Gasteiger partial charge in [-0.2, -0.15) is 0 Å². The predicted octanol–water partition coefficient (Wildman–Crippen LogP) is 3.97. The Morgan fingerprint density at radius 3 is 2.76 bits per heavy atom. The molecule has 3 heterocycles. The van der Waals surface area contributed by atoms with Crippen LogP contribution in [0.15, 0.2) is 42.2 Å². The summed E-state index contributed by atoms with van der Waals surface area (Å²) in [4.78, 5) is 31.4. The lowest BCUT2D eigenvalue weighted by molar-refractivity contribution is -0.274. The third kappa shape index (κ3) is 4.26. The van der Waals surface area contributed by atoms with Crippen molar-refractivity contribution in [3.05, 3.63) is 42.2 Å². The maximum atomic E-state index is 12.7. The number of carbonyl (C=O) groups is 2. The van der Waals surface area contributed by atoms with Crippen molar-refractivity contribution in [3.63, 3.8) is 0 Å². The highest BCUT2D eigenvalue weighted by Gasteiger charge is 2.37. The maximum Gasteiger partial charge on any atom is 0.573 e. The Morgan fingerprint density at radius 1 is 1.28 bits per heavy atom. The summed E-state index contributed by atoms with van der Waals surface area (Å²) in [6.45, 7) is 0.647. The van der Waals surface area contributed by atoms with Crippen molar-refractivity contribution in [1.29, 1.82) is 0 Å². The number of thiazole rings is 1. The number of piperidine rings is 1. The minimum atomic E-state index is -4.74. The molecule has 1 saturated heterocycles. The van der Waals surface area contributed by atoms with Crippen LogP contribution in [-0.4, -0.2) is 40.5 Å². The van der Waals surface area contributed by atoms with Crippen molar-refractivity contribution >= 4 is 28.2 Å². The molecule has 1 amide bonds. The fourth-order valence-corrected chi connectivity index (χ4v) is 4.30. The number of carbonyl (C=O) groups excluding carboxylic acids is 2. The predicted molar refractivity (Wildman–Crippen MR) is 100 cm³/mol.